The number of hydrogen-bond acceptors (Lipinski definition) is 5. The molecule has 0 saturated carbocycles. The molecule has 0 saturated heterocycles. The predicted octanol–water partition coefficient (Wildman–Crippen LogP) is 2.17. The minimum atomic E-state index is -1.02. The molecule has 0 aliphatic heterocycles. The first kappa shape index (κ1) is 12.5. The highest BCUT2D eigenvalue weighted by molar-refractivity contribution is 7.98. The molecule has 0 unspecified atom stereocenters. The smallest absolute Gasteiger partial charge is 0.354 e. The van der Waals surface area contributed by atoms with E-state index in [2.05, 4.69) is 15.0 Å². The van der Waals surface area contributed by atoms with Crippen LogP contribution in [0.2, 0.25) is 0 Å². The zero-order valence-corrected chi connectivity index (χ0v) is 10.5. The SMILES string of the molecule is Cc1cnc(SCc2cccnc2C(=O)O)nc1. The van der Waals surface area contributed by atoms with Crippen LogP contribution >= 0.6 is 11.8 Å². The highest BCUT2D eigenvalue weighted by Gasteiger charge is 2.11. The molecule has 1 N–H and O–H groups in total. The third kappa shape index (κ3) is 3.04. The number of nitrogens with zero attached hydrogens (tertiary/aromatic N) is 3. The van der Waals surface area contributed by atoms with Gasteiger partial charge in [0, 0.05) is 24.3 Å². The maximum Gasteiger partial charge on any atom is 0.354 e. The molecule has 18 heavy (non-hydrogen) atoms. The standard InChI is InChI=1S/C12H11N3O2S/c1-8-5-14-12(15-6-8)18-7-9-3-2-4-13-10(9)11(16)17/h2-6H,7H2,1H3,(H,16,17). The number of hydrogen-bond donors (Lipinski definition) is 1. The van der Waals surface area contributed by atoms with Crippen molar-refractivity contribution in [2.24, 2.45) is 0 Å². The number of rotatable bonds is 4. The van der Waals surface area contributed by atoms with Gasteiger partial charge in [-0.05, 0) is 24.1 Å². The van der Waals surface area contributed by atoms with Crippen molar-refractivity contribution in [3.8, 4) is 0 Å². The van der Waals surface area contributed by atoms with Gasteiger partial charge in [-0.2, -0.15) is 0 Å². The molecule has 2 aromatic rings. The Morgan fingerprint density at radius 2 is 2.06 bits per heavy atom. The molecular weight excluding hydrogens is 250 g/mol. The lowest BCUT2D eigenvalue weighted by molar-refractivity contribution is 0.0689. The van der Waals surface area contributed by atoms with Crippen molar-refractivity contribution in [1.29, 1.82) is 0 Å². The number of aromatic carboxylic acids is 1. The van der Waals surface area contributed by atoms with Crippen molar-refractivity contribution >= 4 is 17.7 Å². The van der Waals surface area contributed by atoms with Crippen molar-refractivity contribution in [3.05, 3.63) is 47.5 Å². The van der Waals surface area contributed by atoms with E-state index in [0.29, 0.717) is 16.5 Å². The fourth-order valence-corrected chi connectivity index (χ4v) is 2.12. The minimum absolute atomic E-state index is 0.0807. The molecule has 2 aromatic heterocycles. The van der Waals surface area contributed by atoms with E-state index in [-0.39, 0.29) is 5.69 Å². The van der Waals surface area contributed by atoms with Gasteiger partial charge in [-0.3, -0.25) is 0 Å². The van der Waals surface area contributed by atoms with Crippen LogP contribution in [-0.2, 0) is 5.75 Å². The second kappa shape index (κ2) is 5.59. The molecule has 0 radical (unpaired) electrons. The Morgan fingerprint density at radius 3 is 2.72 bits per heavy atom. The first-order chi connectivity index (χ1) is 8.66. The molecule has 0 aliphatic carbocycles. The summed E-state index contributed by atoms with van der Waals surface area (Å²) >= 11 is 1.39. The molecule has 0 bridgehead atoms. The number of aryl methyl sites for hydroxylation is 1. The second-order valence-electron chi connectivity index (χ2n) is 3.65. The van der Waals surface area contributed by atoms with Crippen LogP contribution in [0.1, 0.15) is 21.6 Å². The fourth-order valence-electron chi connectivity index (χ4n) is 1.35. The predicted molar refractivity (Wildman–Crippen MR) is 67.5 cm³/mol. The Balaban J connectivity index is 2.10. The Hall–Kier alpha value is -1.95. The molecule has 0 aliphatic rings. The summed E-state index contributed by atoms with van der Waals surface area (Å²) < 4.78 is 0. The number of carboxylic acid groups (broad SMARTS) is 1. The number of carbonyl (C=O) groups is 1. The zero-order chi connectivity index (χ0) is 13.0. The monoisotopic (exact) mass is 261 g/mol. The van der Waals surface area contributed by atoms with Crippen LogP contribution in [0.4, 0.5) is 0 Å². The van der Waals surface area contributed by atoms with E-state index in [9.17, 15) is 4.79 Å². The Labute approximate surface area is 108 Å². The lowest BCUT2D eigenvalue weighted by Crippen LogP contribution is -2.04. The van der Waals surface area contributed by atoms with E-state index in [4.69, 9.17) is 5.11 Å². The summed E-state index contributed by atoms with van der Waals surface area (Å²) in [6.45, 7) is 1.91. The van der Waals surface area contributed by atoms with Gasteiger partial charge in [0.15, 0.2) is 10.9 Å². The van der Waals surface area contributed by atoms with Gasteiger partial charge >= 0.3 is 5.97 Å². The van der Waals surface area contributed by atoms with E-state index in [1.165, 1.54) is 18.0 Å². The highest BCUT2D eigenvalue weighted by Crippen LogP contribution is 2.20. The van der Waals surface area contributed by atoms with Crippen LogP contribution in [0.15, 0.2) is 35.9 Å². The molecule has 0 spiro atoms. The third-order valence-electron chi connectivity index (χ3n) is 2.21. The molecule has 0 atom stereocenters. The van der Waals surface area contributed by atoms with Crippen LogP contribution < -0.4 is 0 Å². The summed E-state index contributed by atoms with van der Waals surface area (Å²) in [7, 11) is 0. The van der Waals surface area contributed by atoms with E-state index < -0.39 is 5.97 Å². The van der Waals surface area contributed by atoms with Crippen molar-refractivity contribution in [3.63, 3.8) is 0 Å². The number of pyridine rings is 1. The Kier molecular flexibility index (Phi) is 3.88. The van der Waals surface area contributed by atoms with Gasteiger partial charge in [0.25, 0.3) is 0 Å². The summed E-state index contributed by atoms with van der Waals surface area (Å²) in [4.78, 5) is 23.1. The summed E-state index contributed by atoms with van der Waals surface area (Å²) in [5.41, 5.74) is 1.74. The number of aromatic nitrogens is 3. The highest BCUT2D eigenvalue weighted by atomic mass is 32.2. The maximum atomic E-state index is 11.0. The van der Waals surface area contributed by atoms with Crippen molar-refractivity contribution in [2.75, 3.05) is 0 Å². The first-order valence-corrected chi connectivity index (χ1v) is 6.24. The van der Waals surface area contributed by atoms with E-state index >= 15 is 0 Å². The van der Waals surface area contributed by atoms with Crippen molar-refractivity contribution < 1.29 is 9.90 Å². The number of thioether (sulfide) groups is 1. The van der Waals surface area contributed by atoms with Crippen LogP contribution in [0, 0.1) is 6.92 Å². The van der Waals surface area contributed by atoms with Crippen LogP contribution in [0.5, 0.6) is 0 Å². The molecule has 0 aromatic carbocycles. The van der Waals surface area contributed by atoms with Gasteiger partial charge in [-0.25, -0.2) is 19.7 Å². The van der Waals surface area contributed by atoms with Gasteiger partial charge in [-0.15, -0.1) is 0 Å². The first-order valence-electron chi connectivity index (χ1n) is 5.25. The molecular formula is C12H11N3O2S. The van der Waals surface area contributed by atoms with E-state index in [1.54, 1.807) is 24.5 Å². The fraction of sp³-hybridized carbons (Fsp3) is 0.167. The van der Waals surface area contributed by atoms with Crippen molar-refractivity contribution in [2.45, 2.75) is 17.8 Å². The molecule has 6 heteroatoms. The molecule has 2 heterocycles. The van der Waals surface area contributed by atoms with E-state index in [1.807, 2.05) is 6.92 Å². The quantitative estimate of drug-likeness (QED) is 0.671. The van der Waals surface area contributed by atoms with Gasteiger partial charge in [0.2, 0.25) is 0 Å². The lowest BCUT2D eigenvalue weighted by Gasteiger charge is -2.03. The number of carboxylic acids is 1. The van der Waals surface area contributed by atoms with Crippen LogP contribution in [0.3, 0.4) is 0 Å². The lowest BCUT2D eigenvalue weighted by atomic mass is 10.2. The molecule has 5 nitrogen and oxygen atoms in total. The average molecular weight is 261 g/mol. The van der Waals surface area contributed by atoms with E-state index in [0.717, 1.165) is 5.56 Å². The largest absolute Gasteiger partial charge is 0.477 e. The van der Waals surface area contributed by atoms with Gasteiger partial charge in [-0.1, -0.05) is 17.8 Å². The normalized spacial score (nSPS) is 10.3. The average Bonchev–Trinajstić information content (AvgIpc) is 2.38. The maximum absolute atomic E-state index is 11.0. The summed E-state index contributed by atoms with van der Waals surface area (Å²) in [5.74, 6) is -0.533. The van der Waals surface area contributed by atoms with Gasteiger partial charge in [0.05, 0.1) is 0 Å². The van der Waals surface area contributed by atoms with Gasteiger partial charge in [0.1, 0.15) is 0 Å². The molecule has 0 amide bonds. The van der Waals surface area contributed by atoms with Gasteiger partial charge < -0.3 is 5.11 Å². The third-order valence-corrected chi connectivity index (χ3v) is 3.13. The summed E-state index contributed by atoms with van der Waals surface area (Å²) in [6, 6.07) is 3.47. The molecule has 2 rings (SSSR count). The van der Waals surface area contributed by atoms with Crippen LogP contribution in [0.25, 0.3) is 0 Å². The molecule has 92 valence electrons. The Morgan fingerprint density at radius 1 is 1.33 bits per heavy atom. The topological polar surface area (TPSA) is 76.0 Å². The minimum Gasteiger partial charge on any atom is -0.477 e. The molecule has 0 fully saturated rings. The van der Waals surface area contributed by atoms with Crippen LogP contribution in [-0.4, -0.2) is 26.0 Å². The summed E-state index contributed by atoms with van der Waals surface area (Å²) in [6.07, 6.45) is 4.94. The van der Waals surface area contributed by atoms with Crippen molar-refractivity contribution in [1.82, 2.24) is 15.0 Å². The Bertz CT molecular complexity index is 558. The summed E-state index contributed by atoms with van der Waals surface area (Å²) in [5, 5.41) is 9.62. The second-order valence-corrected chi connectivity index (χ2v) is 4.59. The zero-order valence-electron chi connectivity index (χ0n) is 9.70.